The predicted molar refractivity (Wildman–Crippen MR) is 72.7 cm³/mol. The summed E-state index contributed by atoms with van der Waals surface area (Å²) in [6.45, 7) is 1.07. The maximum atomic E-state index is 11.4. The van der Waals surface area contributed by atoms with Gasteiger partial charge in [-0.3, -0.25) is 0 Å². The summed E-state index contributed by atoms with van der Waals surface area (Å²) in [5.74, 6) is 0. The molecule has 5 heteroatoms. The summed E-state index contributed by atoms with van der Waals surface area (Å²) in [5, 5.41) is 14.0. The molecule has 0 radical (unpaired) electrons. The molecule has 100 valence electrons. The number of anilines is 1. The second-order valence-electron chi connectivity index (χ2n) is 4.25. The van der Waals surface area contributed by atoms with E-state index in [4.69, 9.17) is 5.11 Å². The Labute approximate surface area is 108 Å². The van der Waals surface area contributed by atoms with Crippen molar-refractivity contribution in [3.63, 3.8) is 0 Å². The maximum absolute atomic E-state index is 11.4. The first-order chi connectivity index (χ1) is 8.63. The molecular weight excluding hydrogens is 230 g/mol. The lowest BCUT2D eigenvalue weighted by atomic mass is 10.2. The second kappa shape index (κ2) is 7.55. The van der Waals surface area contributed by atoms with E-state index in [0.717, 1.165) is 11.3 Å². The van der Waals surface area contributed by atoms with Gasteiger partial charge in [0.25, 0.3) is 0 Å². The van der Waals surface area contributed by atoms with E-state index in [1.54, 1.807) is 0 Å². The maximum Gasteiger partial charge on any atom is 0.315 e. The van der Waals surface area contributed by atoms with E-state index in [0.29, 0.717) is 19.5 Å². The number of nitrogens with one attached hydrogen (secondary N) is 2. The molecule has 1 aromatic rings. The topological polar surface area (TPSA) is 64.6 Å². The molecule has 3 N–H and O–H groups in total. The SMILES string of the molecule is CN(C)c1cccc(CNC(=O)NCCCO)c1. The molecule has 0 bridgehead atoms. The molecule has 0 aromatic heterocycles. The van der Waals surface area contributed by atoms with Crippen molar-refractivity contribution in [1.29, 1.82) is 0 Å². The van der Waals surface area contributed by atoms with Crippen LogP contribution in [-0.4, -0.2) is 38.4 Å². The molecular formula is C13H21N3O2. The molecule has 18 heavy (non-hydrogen) atoms. The van der Waals surface area contributed by atoms with Gasteiger partial charge in [0, 0.05) is 39.5 Å². The van der Waals surface area contributed by atoms with Crippen molar-refractivity contribution in [3.8, 4) is 0 Å². The van der Waals surface area contributed by atoms with Crippen LogP contribution < -0.4 is 15.5 Å². The summed E-state index contributed by atoms with van der Waals surface area (Å²) < 4.78 is 0. The Morgan fingerprint density at radius 1 is 1.33 bits per heavy atom. The molecule has 2 amide bonds. The number of hydrogen-bond donors (Lipinski definition) is 3. The number of aliphatic hydroxyl groups excluding tert-OH is 1. The van der Waals surface area contributed by atoms with Crippen molar-refractivity contribution < 1.29 is 9.90 Å². The van der Waals surface area contributed by atoms with Crippen molar-refractivity contribution in [2.24, 2.45) is 0 Å². The zero-order valence-electron chi connectivity index (χ0n) is 10.9. The number of hydrogen-bond acceptors (Lipinski definition) is 3. The second-order valence-corrected chi connectivity index (χ2v) is 4.25. The van der Waals surface area contributed by atoms with Gasteiger partial charge in [-0.05, 0) is 24.1 Å². The molecule has 1 aromatic carbocycles. The molecule has 0 aliphatic carbocycles. The summed E-state index contributed by atoms with van der Waals surface area (Å²) in [4.78, 5) is 13.4. The van der Waals surface area contributed by atoms with Crippen molar-refractivity contribution in [2.75, 3.05) is 32.1 Å². The van der Waals surface area contributed by atoms with E-state index >= 15 is 0 Å². The molecule has 0 spiro atoms. The first kappa shape index (κ1) is 14.3. The number of nitrogens with zero attached hydrogens (tertiary/aromatic N) is 1. The highest BCUT2D eigenvalue weighted by Gasteiger charge is 2.01. The highest BCUT2D eigenvalue weighted by atomic mass is 16.3. The number of carbonyl (C=O) groups is 1. The number of amides is 2. The van der Waals surface area contributed by atoms with Crippen molar-refractivity contribution >= 4 is 11.7 Å². The Morgan fingerprint density at radius 3 is 2.78 bits per heavy atom. The van der Waals surface area contributed by atoms with Crippen LogP contribution in [0.5, 0.6) is 0 Å². The highest BCUT2D eigenvalue weighted by Crippen LogP contribution is 2.12. The average molecular weight is 251 g/mol. The third-order valence-corrected chi connectivity index (χ3v) is 2.50. The Balaban J connectivity index is 2.38. The van der Waals surface area contributed by atoms with Crippen LogP contribution in [0.25, 0.3) is 0 Å². The molecule has 0 fully saturated rings. The van der Waals surface area contributed by atoms with E-state index in [1.165, 1.54) is 0 Å². The van der Waals surface area contributed by atoms with Crippen LogP contribution >= 0.6 is 0 Å². The molecule has 5 nitrogen and oxygen atoms in total. The number of rotatable bonds is 6. The third kappa shape index (κ3) is 5.05. The fourth-order valence-electron chi connectivity index (χ4n) is 1.47. The zero-order chi connectivity index (χ0) is 13.4. The van der Waals surface area contributed by atoms with Crippen LogP contribution in [0.1, 0.15) is 12.0 Å². The summed E-state index contributed by atoms with van der Waals surface area (Å²) in [5.41, 5.74) is 2.16. The Hall–Kier alpha value is -1.75. The largest absolute Gasteiger partial charge is 0.396 e. The van der Waals surface area contributed by atoms with E-state index in [1.807, 2.05) is 43.3 Å². The summed E-state index contributed by atoms with van der Waals surface area (Å²) >= 11 is 0. The van der Waals surface area contributed by atoms with Gasteiger partial charge in [-0.15, -0.1) is 0 Å². The predicted octanol–water partition coefficient (Wildman–Crippen LogP) is 0.934. The number of urea groups is 1. The van der Waals surface area contributed by atoms with Crippen LogP contribution in [0, 0.1) is 0 Å². The van der Waals surface area contributed by atoms with Gasteiger partial charge in [0.2, 0.25) is 0 Å². The van der Waals surface area contributed by atoms with Crippen molar-refractivity contribution in [2.45, 2.75) is 13.0 Å². The van der Waals surface area contributed by atoms with Gasteiger partial charge < -0.3 is 20.6 Å². The van der Waals surface area contributed by atoms with Crippen LogP contribution in [0.4, 0.5) is 10.5 Å². The first-order valence-electron chi connectivity index (χ1n) is 6.02. The average Bonchev–Trinajstić information content (AvgIpc) is 2.37. The number of carbonyl (C=O) groups excluding carboxylic acids is 1. The molecule has 0 unspecified atom stereocenters. The lowest BCUT2D eigenvalue weighted by molar-refractivity contribution is 0.238. The van der Waals surface area contributed by atoms with Gasteiger partial charge in [-0.1, -0.05) is 12.1 Å². The zero-order valence-corrected chi connectivity index (χ0v) is 10.9. The summed E-state index contributed by atoms with van der Waals surface area (Å²) in [6.07, 6.45) is 0.573. The number of benzene rings is 1. The monoisotopic (exact) mass is 251 g/mol. The lowest BCUT2D eigenvalue weighted by Crippen LogP contribution is -2.35. The lowest BCUT2D eigenvalue weighted by Gasteiger charge is -2.14. The van der Waals surface area contributed by atoms with Crippen molar-refractivity contribution in [3.05, 3.63) is 29.8 Å². The molecule has 1 rings (SSSR count). The Morgan fingerprint density at radius 2 is 2.11 bits per heavy atom. The van der Waals surface area contributed by atoms with E-state index in [9.17, 15) is 4.79 Å². The van der Waals surface area contributed by atoms with Gasteiger partial charge in [-0.2, -0.15) is 0 Å². The smallest absolute Gasteiger partial charge is 0.315 e. The van der Waals surface area contributed by atoms with E-state index in [2.05, 4.69) is 10.6 Å². The summed E-state index contributed by atoms with van der Waals surface area (Å²) in [6, 6.07) is 7.79. The number of aliphatic hydroxyl groups is 1. The van der Waals surface area contributed by atoms with Crippen LogP contribution in [0.3, 0.4) is 0 Å². The van der Waals surface area contributed by atoms with Gasteiger partial charge in [0.05, 0.1) is 0 Å². The quantitative estimate of drug-likeness (QED) is 0.659. The molecule has 0 saturated carbocycles. The minimum absolute atomic E-state index is 0.0885. The van der Waals surface area contributed by atoms with Crippen molar-refractivity contribution in [1.82, 2.24) is 10.6 Å². The summed E-state index contributed by atoms with van der Waals surface area (Å²) in [7, 11) is 3.96. The van der Waals surface area contributed by atoms with Gasteiger partial charge in [0.15, 0.2) is 0 Å². The third-order valence-electron chi connectivity index (χ3n) is 2.50. The van der Waals surface area contributed by atoms with Gasteiger partial charge >= 0.3 is 6.03 Å². The molecule has 0 saturated heterocycles. The molecule has 0 aliphatic heterocycles. The van der Waals surface area contributed by atoms with Gasteiger partial charge in [-0.25, -0.2) is 4.79 Å². The van der Waals surface area contributed by atoms with E-state index < -0.39 is 0 Å². The standard InChI is InChI=1S/C13H21N3O2/c1-16(2)12-6-3-5-11(9-12)10-15-13(18)14-7-4-8-17/h3,5-6,9,17H,4,7-8,10H2,1-2H3,(H2,14,15,18). The van der Waals surface area contributed by atoms with Crippen LogP contribution in [0.2, 0.25) is 0 Å². The fourth-order valence-corrected chi connectivity index (χ4v) is 1.47. The Bertz CT molecular complexity index is 380. The van der Waals surface area contributed by atoms with Crippen LogP contribution in [-0.2, 0) is 6.54 Å². The Kier molecular flexibility index (Phi) is 6.00. The normalized spacial score (nSPS) is 9.94. The molecule has 0 aliphatic rings. The highest BCUT2D eigenvalue weighted by molar-refractivity contribution is 5.73. The molecule has 0 heterocycles. The van der Waals surface area contributed by atoms with Gasteiger partial charge in [0.1, 0.15) is 0 Å². The van der Waals surface area contributed by atoms with Crippen LogP contribution in [0.15, 0.2) is 24.3 Å². The minimum atomic E-state index is -0.210. The fraction of sp³-hybridized carbons (Fsp3) is 0.462. The molecule has 0 atom stereocenters. The first-order valence-corrected chi connectivity index (χ1v) is 6.02. The van der Waals surface area contributed by atoms with E-state index in [-0.39, 0.29) is 12.6 Å². The minimum Gasteiger partial charge on any atom is -0.396 e.